The van der Waals surface area contributed by atoms with Crippen molar-refractivity contribution in [2.24, 2.45) is 5.41 Å². The maximum absolute atomic E-state index is 13.0. The summed E-state index contributed by atoms with van der Waals surface area (Å²) in [5.74, 6) is -0.0504. The van der Waals surface area contributed by atoms with Crippen molar-refractivity contribution in [3.8, 4) is 0 Å². The quantitative estimate of drug-likeness (QED) is 0.845. The molecule has 2 aromatic rings. The Morgan fingerprint density at radius 3 is 2.81 bits per heavy atom. The van der Waals surface area contributed by atoms with Crippen LogP contribution in [0.15, 0.2) is 18.2 Å². The van der Waals surface area contributed by atoms with Gasteiger partial charge in [-0.3, -0.25) is 4.79 Å². The molecule has 144 valence electrons. The smallest absolute Gasteiger partial charge is 0.271 e. The lowest BCUT2D eigenvalue weighted by molar-refractivity contribution is 0.00379. The summed E-state index contributed by atoms with van der Waals surface area (Å²) in [4.78, 5) is 17.6. The Morgan fingerprint density at radius 1 is 1.30 bits per heavy atom. The summed E-state index contributed by atoms with van der Waals surface area (Å²) in [5.41, 5.74) is 1.85. The van der Waals surface area contributed by atoms with Crippen LogP contribution in [0.3, 0.4) is 0 Å². The van der Waals surface area contributed by atoms with Crippen molar-refractivity contribution in [1.29, 1.82) is 0 Å². The average Bonchev–Trinajstić information content (AvgIpc) is 3.28. The second kappa shape index (κ2) is 6.43. The maximum atomic E-state index is 13.0. The highest BCUT2D eigenvalue weighted by Crippen LogP contribution is 2.40. The Bertz CT molecular complexity index is 874. The third-order valence-corrected chi connectivity index (χ3v) is 7.59. The number of rotatable bonds is 3. The molecule has 2 N–H and O–H groups in total. The lowest BCUT2D eigenvalue weighted by atomic mass is 9.70. The number of hydrogen-bond acceptors (Lipinski definition) is 6. The van der Waals surface area contributed by atoms with Crippen LogP contribution >= 0.6 is 11.5 Å². The van der Waals surface area contributed by atoms with E-state index in [1.54, 1.807) is 0 Å². The van der Waals surface area contributed by atoms with Gasteiger partial charge in [0.15, 0.2) is 0 Å². The monoisotopic (exact) mass is 386 g/mol. The third-order valence-electron chi connectivity index (χ3n) is 6.78. The van der Waals surface area contributed by atoms with Gasteiger partial charge in [-0.15, -0.1) is 0 Å². The highest BCUT2D eigenvalue weighted by atomic mass is 32.1. The second-order valence-corrected chi connectivity index (χ2v) is 9.39. The van der Waals surface area contributed by atoms with E-state index in [-0.39, 0.29) is 23.5 Å². The van der Waals surface area contributed by atoms with Crippen molar-refractivity contribution in [1.82, 2.24) is 14.6 Å². The molecule has 7 heteroatoms. The number of benzene rings is 1. The topological polar surface area (TPSA) is 68.7 Å². The van der Waals surface area contributed by atoms with E-state index in [1.165, 1.54) is 11.5 Å². The molecule has 0 aliphatic carbocycles. The van der Waals surface area contributed by atoms with Gasteiger partial charge < -0.3 is 20.2 Å². The normalized spacial score (nSPS) is 33.0. The van der Waals surface area contributed by atoms with Crippen LogP contribution in [-0.4, -0.2) is 65.2 Å². The summed E-state index contributed by atoms with van der Waals surface area (Å²) >= 11 is 1.38. The van der Waals surface area contributed by atoms with E-state index >= 15 is 0 Å². The van der Waals surface area contributed by atoms with Gasteiger partial charge in [0.1, 0.15) is 5.69 Å². The molecule has 2 atom stereocenters. The maximum Gasteiger partial charge on any atom is 0.271 e. The molecule has 4 fully saturated rings. The number of amides is 1. The number of anilines is 1. The van der Waals surface area contributed by atoms with Gasteiger partial charge in [0, 0.05) is 36.7 Å². The number of carbonyl (C=O) groups excluding carboxylic acids is 1. The van der Waals surface area contributed by atoms with Crippen LogP contribution in [0, 0.1) is 5.41 Å². The molecule has 5 heterocycles. The molecule has 6 nitrogen and oxygen atoms in total. The number of nitrogens with one attached hydrogen (secondary N) is 1. The summed E-state index contributed by atoms with van der Waals surface area (Å²) in [6.07, 6.45) is 2.87. The first-order valence-electron chi connectivity index (χ1n) is 9.87. The number of carbonyl (C=O) groups is 1. The van der Waals surface area contributed by atoms with Crippen LogP contribution in [0.4, 0.5) is 5.69 Å². The largest absolute Gasteiger partial charge is 0.391 e. The Morgan fingerprint density at radius 2 is 2.11 bits per heavy atom. The Hall–Kier alpha value is -1.70. The molecule has 1 aromatic heterocycles. The number of β-amino-alcohol motifs (C(OH)–C–C–N with tert-alkyl or cyclic N) is 1. The first-order valence-corrected chi connectivity index (χ1v) is 10.6. The number of hydrogen-bond donors (Lipinski definition) is 2. The summed E-state index contributed by atoms with van der Waals surface area (Å²) in [5, 5.41) is 14.0. The van der Waals surface area contributed by atoms with E-state index in [1.807, 2.05) is 12.1 Å². The van der Waals surface area contributed by atoms with E-state index in [0.29, 0.717) is 12.2 Å². The minimum atomic E-state index is -0.244. The van der Waals surface area contributed by atoms with Crippen molar-refractivity contribution in [3.05, 3.63) is 23.9 Å². The van der Waals surface area contributed by atoms with Gasteiger partial charge in [-0.1, -0.05) is 6.92 Å². The fourth-order valence-electron chi connectivity index (χ4n) is 4.78. The minimum Gasteiger partial charge on any atom is -0.391 e. The minimum absolute atomic E-state index is 0.0504. The number of aliphatic hydroxyl groups is 1. The molecule has 4 aliphatic rings. The van der Waals surface area contributed by atoms with Gasteiger partial charge in [-0.2, -0.15) is 4.37 Å². The third kappa shape index (κ3) is 3.02. The SMILES string of the molecule is CC12CCN(CC1)C[C@@H]2NC(=O)c1nsc2cc(N3CC[C@H](O)C3)ccc12. The summed E-state index contributed by atoms with van der Waals surface area (Å²) in [6, 6.07) is 6.35. The molecule has 1 amide bonds. The highest BCUT2D eigenvalue weighted by molar-refractivity contribution is 7.13. The zero-order valence-corrected chi connectivity index (χ0v) is 16.5. The molecule has 1 aromatic carbocycles. The Labute approximate surface area is 163 Å². The molecule has 0 radical (unpaired) electrons. The van der Waals surface area contributed by atoms with Gasteiger partial charge in [0.25, 0.3) is 5.91 Å². The Kier molecular flexibility index (Phi) is 4.14. The molecule has 2 bridgehead atoms. The fourth-order valence-corrected chi connectivity index (χ4v) is 5.59. The number of piperidine rings is 3. The standard InChI is InChI=1S/C20H26N4O2S/c1-20-5-8-23(9-6-20)12-17(20)21-19(26)18-15-3-2-13(10-16(15)27-22-18)24-7-4-14(25)11-24/h2-3,10,14,17,25H,4-9,11-12H2,1H3,(H,21,26)/t14-,17-/m0/s1. The van der Waals surface area contributed by atoms with Gasteiger partial charge >= 0.3 is 0 Å². The van der Waals surface area contributed by atoms with E-state index in [2.05, 4.69) is 32.5 Å². The lowest BCUT2D eigenvalue weighted by Crippen LogP contribution is -2.62. The van der Waals surface area contributed by atoms with E-state index in [4.69, 9.17) is 0 Å². The van der Waals surface area contributed by atoms with Crippen molar-refractivity contribution in [3.63, 3.8) is 0 Å². The van der Waals surface area contributed by atoms with Crippen LogP contribution < -0.4 is 10.2 Å². The summed E-state index contributed by atoms with van der Waals surface area (Å²) < 4.78 is 5.50. The number of aromatic nitrogens is 1. The van der Waals surface area contributed by atoms with Crippen molar-refractivity contribution in [2.45, 2.75) is 38.3 Å². The summed E-state index contributed by atoms with van der Waals surface area (Å²) in [6.45, 7) is 7.10. The molecule has 4 aliphatic heterocycles. The van der Waals surface area contributed by atoms with Crippen molar-refractivity contribution < 1.29 is 9.90 Å². The zero-order valence-electron chi connectivity index (χ0n) is 15.6. The molecular weight excluding hydrogens is 360 g/mol. The van der Waals surface area contributed by atoms with Crippen molar-refractivity contribution in [2.75, 3.05) is 37.6 Å². The predicted molar refractivity (Wildman–Crippen MR) is 107 cm³/mol. The molecule has 4 saturated heterocycles. The molecule has 0 spiro atoms. The molecule has 6 rings (SSSR count). The molecule has 27 heavy (non-hydrogen) atoms. The number of fused-ring (bicyclic) bond motifs is 4. The molecule has 0 saturated carbocycles. The average molecular weight is 387 g/mol. The Balaban J connectivity index is 1.36. The van der Waals surface area contributed by atoms with Crippen LogP contribution in [0.2, 0.25) is 0 Å². The van der Waals surface area contributed by atoms with E-state index in [9.17, 15) is 9.90 Å². The van der Waals surface area contributed by atoms with Gasteiger partial charge in [-0.05, 0) is 67.5 Å². The van der Waals surface area contributed by atoms with E-state index < -0.39 is 0 Å². The summed E-state index contributed by atoms with van der Waals surface area (Å²) in [7, 11) is 0. The molecular formula is C20H26N4O2S. The van der Waals surface area contributed by atoms with Crippen LogP contribution in [0.5, 0.6) is 0 Å². The van der Waals surface area contributed by atoms with Gasteiger partial charge in [0.2, 0.25) is 0 Å². The van der Waals surface area contributed by atoms with Gasteiger partial charge in [0.05, 0.1) is 10.8 Å². The fraction of sp³-hybridized carbons (Fsp3) is 0.600. The van der Waals surface area contributed by atoms with Crippen LogP contribution in [0.1, 0.15) is 36.7 Å². The van der Waals surface area contributed by atoms with Crippen LogP contribution in [0.25, 0.3) is 10.1 Å². The number of nitrogens with zero attached hydrogens (tertiary/aromatic N) is 3. The highest BCUT2D eigenvalue weighted by Gasteiger charge is 2.44. The first-order chi connectivity index (χ1) is 13.0. The predicted octanol–water partition coefficient (Wildman–Crippen LogP) is 2.08. The number of aliphatic hydroxyl groups excluding tert-OH is 1. The van der Waals surface area contributed by atoms with E-state index in [0.717, 1.165) is 61.2 Å². The van der Waals surface area contributed by atoms with Crippen molar-refractivity contribution >= 4 is 33.2 Å². The first kappa shape index (κ1) is 17.4. The zero-order chi connectivity index (χ0) is 18.6. The second-order valence-electron chi connectivity index (χ2n) is 8.58. The lowest BCUT2D eigenvalue weighted by Gasteiger charge is -2.52. The van der Waals surface area contributed by atoms with Crippen LogP contribution in [-0.2, 0) is 0 Å². The van der Waals surface area contributed by atoms with Gasteiger partial charge in [-0.25, -0.2) is 0 Å². The molecule has 0 unspecified atom stereocenters.